The van der Waals surface area contributed by atoms with E-state index in [0.717, 1.165) is 19.6 Å². The second kappa shape index (κ2) is 7.65. The van der Waals surface area contributed by atoms with E-state index in [0.29, 0.717) is 19.0 Å². The minimum Gasteiger partial charge on any atom is -0.342 e. The largest absolute Gasteiger partial charge is 0.342 e. The van der Waals surface area contributed by atoms with Crippen molar-refractivity contribution in [1.82, 2.24) is 9.80 Å². The van der Waals surface area contributed by atoms with Gasteiger partial charge in [0.25, 0.3) is 0 Å². The van der Waals surface area contributed by atoms with Crippen molar-refractivity contribution < 1.29 is 4.79 Å². The van der Waals surface area contributed by atoms with Crippen LogP contribution in [0.15, 0.2) is 0 Å². The van der Waals surface area contributed by atoms with Crippen LogP contribution in [0.3, 0.4) is 0 Å². The van der Waals surface area contributed by atoms with Crippen molar-refractivity contribution in [2.75, 3.05) is 39.8 Å². The Kier molecular flexibility index (Phi) is 7.34. The average molecular weight is 215 g/mol. The van der Waals surface area contributed by atoms with Crippen molar-refractivity contribution in [3.8, 4) is 0 Å². The van der Waals surface area contributed by atoms with Crippen LogP contribution in [0, 0.1) is 5.92 Å². The maximum absolute atomic E-state index is 11.7. The van der Waals surface area contributed by atoms with Crippen LogP contribution < -0.4 is 5.73 Å². The normalized spacial score (nSPS) is 12.9. The molecule has 0 aliphatic rings. The highest BCUT2D eigenvalue weighted by Gasteiger charge is 2.13. The quantitative estimate of drug-likeness (QED) is 0.668. The number of amides is 1. The van der Waals surface area contributed by atoms with Gasteiger partial charge in [-0.1, -0.05) is 6.92 Å². The molecule has 0 radical (unpaired) electrons. The molecule has 0 fully saturated rings. The van der Waals surface area contributed by atoms with E-state index in [2.05, 4.69) is 6.92 Å². The van der Waals surface area contributed by atoms with Crippen molar-refractivity contribution in [1.29, 1.82) is 0 Å². The Morgan fingerprint density at radius 1 is 1.33 bits per heavy atom. The molecular formula is C11H25N3O. The van der Waals surface area contributed by atoms with Gasteiger partial charge < -0.3 is 10.6 Å². The molecule has 1 atom stereocenters. The van der Waals surface area contributed by atoms with E-state index >= 15 is 0 Å². The highest BCUT2D eigenvalue weighted by Crippen LogP contribution is 1.97. The van der Waals surface area contributed by atoms with E-state index in [1.807, 2.05) is 30.7 Å². The topological polar surface area (TPSA) is 49.6 Å². The zero-order valence-corrected chi connectivity index (χ0v) is 10.5. The Balaban J connectivity index is 3.94. The maximum atomic E-state index is 11.7. The van der Waals surface area contributed by atoms with Crippen LogP contribution in [0.1, 0.15) is 20.8 Å². The van der Waals surface area contributed by atoms with Gasteiger partial charge in [-0.3, -0.25) is 9.69 Å². The lowest BCUT2D eigenvalue weighted by molar-refractivity contribution is -0.131. The molecule has 90 valence electrons. The van der Waals surface area contributed by atoms with Gasteiger partial charge in [0.05, 0.1) is 6.54 Å². The summed E-state index contributed by atoms with van der Waals surface area (Å²) >= 11 is 0. The lowest BCUT2D eigenvalue weighted by Crippen LogP contribution is -2.40. The summed E-state index contributed by atoms with van der Waals surface area (Å²) in [6.45, 7) is 9.72. The van der Waals surface area contributed by atoms with Gasteiger partial charge >= 0.3 is 0 Å². The monoisotopic (exact) mass is 215 g/mol. The third-order valence-corrected chi connectivity index (χ3v) is 2.55. The molecule has 1 unspecified atom stereocenters. The maximum Gasteiger partial charge on any atom is 0.236 e. The van der Waals surface area contributed by atoms with Crippen molar-refractivity contribution in [2.24, 2.45) is 11.7 Å². The Bertz CT molecular complexity index is 181. The number of likely N-dealkylation sites (N-methyl/N-ethyl adjacent to an activating group) is 2. The molecule has 2 N–H and O–H groups in total. The van der Waals surface area contributed by atoms with Gasteiger partial charge in [-0.2, -0.15) is 0 Å². The number of rotatable bonds is 7. The summed E-state index contributed by atoms with van der Waals surface area (Å²) < 4.78 is 0. The van der Waals surface area contributed by atoms with Crippen molar-refractivity contribution in [3.05, 3.63) is 0 Å². The van der Waals surface area contributed by atoms with E-state index in [1.54, 1.807) is 0 Å². The smallest absolute Gasteiger partial charge is 0.236 e. The van der Waals surface area contributed by atoms with E-state index in [9.17, 15) is 4.79 Å². The number of hydrogen-bond acceptors (Lipinski definition) is 3. The second-order valence-corrected chi connectivity index (χ2v) is 4.10. The Morgan fingerprint density at radius 2 is 1.87 bits per heavy atom. The van der Waals surface area contributed by atoms with Gasteiger partial charge in [0.2, 0.25) is 5.91 Å². The molecule has 0 bridgehead atoms. The van der Waals surface area contributed by atoms with E-state index in [-0.39, 0.29) is 5.91 Å². The number of carbonyl (C=O) groups excluding carboxylic acids is 1. The highest BCUT2D eigenvalue weighted by molar-refractivity contribution is 5.78. The minimum atomic E-state index is 0.201. The summed E-state index contributed by atoms with van der Waals surface area (Å²) in [5.74, 6) is 0.645. The van der Waals surface area contributed by atoms with Crippen LogP contribution >= 0.6 is 0 Å². The second-order valence-electron chi connectivity index (χ2n) is 4.10. The molecule has 0 aromatic heterocycles. The van der Waals surface area contributed by atoms with Crippen molar-refractivity contribution >= 4 is 5.91 Å². The Hall–Kier alpha value is -0.610. The molecule has 15 heavy (non-hydrogen) atoms. The Labute approximate surface area is 93.4 Å². The number of nitrogens with zero attached hydrogens (tertiary/aromatic N) is 2. The first-order valence-electron chi connectivity index (χ1n) is 5.71. The molecular weight excluding hydrogens is 190 g/mol. The molecule has 4 heteroatoms. The summed E-state index contributed by atoms with van der Waals surface area (Å²) in [6, 6.07) is 0. The molecule has 0 spiro atoms. The van der Waals surface area contributed by atoms with Crippen molar-refractivity contribution in [3.63, 3.8) is 0 Å². The number of hydrogen-bond donors (Lipinski definition) is 1. The SMILES string of the molecule is CCN(CC)C(=O)CN(C)CC(C)CN. The molecule has 0 aliphatic heterocycles. The summed E-state index contributed by atoms with van der Waals surface area (Å²) in [5, 5.41) is 0. The van der Waals surface area contributed by atoms with E-state index in [1.165, 1.54) is 0 Å². The van der Waals surface area contributed by atoms with Crippen molar-refractivity contribution in [2.45, 2.75) is 20.8 Å². The zero-order valence-electron chi connectivity index (χ0n) is 10.5. The fraction of sp³-hybridized carbons (Fsp3) is 0.909. The summed E-state index contributed by atoms with van der Waals surface area (Å²) in [5.41, 5.74) is 5.54. The molecule has 0 rings (SSSR count). The fourth-order valence-corrected chi connectivity index (χ4v) is 1.58. The van der Waals surface area contributed by atoms with E-state index < -0.39 is 0 Å². The number of carbonyl (C=O) groups is 1. The van der Waals surface area contributed by atoms with E-state index in [4.69, 9.17) is 5.73 Å². The molecule has 0 heterocycles. The third-order valence-electron chi connectivity index (χ3n) is 2.55. The Morgan fingerprint density at radius 3 is 2.27 bits per heavy atom. The predicted octanol–water partition coefficient (Wildman–Crippen LogP) is 0.381. The van der Waals surface area contributed by atoms with Crippen LogP contribution in [-0.4, -0.2) is 55.5 Å². The zero-order chi connectivity index (χ0) is 11.8. The summed E-state index contributed by atoms with van der Waals surface area (Å²) in [6.07, 6.45) is 0. The fourth-order valence-electron chi connectivity index (χ4n) is 1.58. The first-order chi connectivity index (χ1) is 7.04. The van der Waals surface area contributed by atoms with Crippen LogP contribution in [0.2, 0.25) is 0 Å². The lowest BCUT2D eigenvalue weighted by Gasteiger charge is -2.24. The molecule has 0 saturated heterocycles. The third kappa shape index (κ3) is 5.74. The van der Waals surface area contributed by atoms with Gasteiger partial charge in [0, 0.05) is 19.6 Å². The summed E-state index contributed by atoms with van der Waals surface area (Å²) in [7, 11) is 1.97. The van der Waals surface area contributed by atoms with Gasteiger partial charge in [0.1, 0.15) is 0 Å². The predicted molar refractivity (Wildman–Crippen MR) is 63.6 cm³/mol. The number of nitrogens with two attached hydrogens (primary N) is 1. The summed E-state index contributed by atoms with van der Waals surface area (Å²) in [4.78, 5) is 15.6. The molecule has 0 aromatic carbocycles. The highest BCUT2D eigenvalue weighted by atomic mass is 16.2. The first kappa shape index (κ1) is 14.4. The molecule has 0 aliphatic carbocycles. The van der Waals surface area contributed by atoms with Crippen LogP contribution in [0.4, 0.5) is 0 Å². The lowest BCUT2D eigenvalue weighted by atomic mass is 10.2. The van der Waals surface area contributed by atoms with Crippen LogP contribution in [0.25, 0.3) is 0 Å². The minimum absolute atomic E-state index is 0.201. The van der Waals surface area contributed by atoms with Crippen LogP contribution in [0.5, 0.6) is 0 Å². The molecule has 0 aromatic rings. The first-order valence-corrected chi connectivity index (χ1v) is 5.71. The average Bonchev–Trinajstić information content (AvgIpc) is 2.19. The van der Waals surface area contributed by atoms with Gasteiger partial charge in [0.15, 0.2) is 0 Å². The van der Waals surface area contributed by atoms with Gasteiger partial charge in [-0.15, -0.1) is 0 Å². The molecule has 4 nitrogen and oxygen atoms in total. The van der Waals surface area contributed by atoms with Crippen LogP contribution in [-0.2, 0) is 4.79 Å². The molecule has 1 amide bonds. The van der Waals surface area contributed by atoms with Gasteiger partial charge in [-0.05, 0) is 33.4 Å². The standard InChI is InChI=1S/C11H25N3O/c1-5-14(6-2)11(15)9-13(4)8-10(3)7-12/h10H,5-9,12H2,1-4H3. The van der Waals surface area contributed by atoms with Gasteiger partial charge in [-0.25, -0.2) is 0 Å². The molecule has 0 saturated carbocycles.